The van der Waals surface area contributed by atoms with E-state index in [1.165, 1.54) is 30.4 Å². The molecule has 1 aliphatic carbocycles. The van der Waals surface area contributed by atoms with E-state index >= 15 is 0 Å². The minimum Gasteiger partial charge on any atom is -0.313 e. The summed E-state index contributed by atoms with van der Waals surface area (Å²) in [5.41, 5.74) is 5.93. The number of aryl methyl sites for hydroxylation is 2. The fourth-order valence-corrected chi connectivity index (χ4v) is 3.04. The molecule has 0 bridgehead atoms. The van der Waals surface area contributed by atoms with E-state index in [9.17, 15) is 0 Å². The maximum Gasteiger partial charge on any atom is 0.0358 e. The Labute approximate surface area is 115 Å². The van der Waals surface area contributed by atoms with Crippen LogP contribution < -0.4 is 5.32 Å². The quantitative estimate of drug-likeness (QED) is 0.874. The lowest BCUT2D eigenvalue weighted by atomic mass is 9.96. The second-order valence-electron chi connectivity index (χ2n) is 5.41. The van der Waals surface area contributed by atoms with Crippen molar-refractivity contribution in [1.29, 1.82) is 0 Å². The fourth-order valence-electron chi connectivity index (χ4n) is 3.04. The molecule has 1 aliphatic rings. The highest BCUT2D eigenvalue weighted by molar-refractivity contribution is 5.37. The van der Waals surface area contributed by atoms with Gasteiger partial charge in [0.05, 0.1) is 0 Å². The zero-order valence-corrected chi connectivity index (χ0v) is 11.5. The Morgan fingerprint density at radius 3 is 2.58 bits per heavy atom. The van der Waals surface area contributed by atoms with E-state index in [0.717, 1.165) is 6.42 Å². The molecule has 0 amide bonds. The Bertz CT molecular complexity index is 545. The van der Waals surface area contributed by atoms with Gasteiger partial charge in [-0.25, -0.2) is 0 Å². The molecule has 2 aromatic rings. The number of fused-ring (bicyclic) bond motifs is 1. The van der Waals surface area contributed by atoms with E-state index in [4.69, 9.17) is 0 Å². The summed E-state index contributed by atoms with van der Waals surface area (Å²) < 4.78 is 0. The molecule has 1 atom stereocenters. The number of nitrogens with one attached hydrogen (secondary N) is 1. The molecule has 3 rings (SSSR count). The molecule has 98 valence electrons. The van der Waals surface area contributed by atoms with Crippen molar-refractivity contribution >= 4 is 0 Å². The standard InChI is InChI=1S/C18H21N/c1-19-18(12-14-6-3-2-4-7-14)17-11-10-15-8-5-9-16(15)13-17/h2-4,6-7,10-11,13,18-19H,5,8-9,12H2,1H3. The van der Waals surface area contributed by atoms with Gasteiger partial charge in [-0.3, -0.25) is 0 Å². The smallest absolute Gasteiger partial charge is 0.0358 e. The van der Waals surface area contributed by atoms with Crippen LogP contribution in [-0.4, -0.2) is 7.05 Å². The van der Waals surface area contributed by atoms with Gasteiger partial charge in [-0.2, -0.15) is 0 Å². The van der Waals surface area contributed by atoms with Crippen molar-refractivity contribution in [3.63, 3.8) is 0 Å². The molecule has 0 fully saturated rings. The Morgan fingerprint density at radius 2 is 1.79 bits per heavy atom. The minimum absolute atomic E-state index is 0.410. The largest absolute Gasteiger partial charge is 0.313 e. The zero-order chi connectivity index (χ0) is 13.1. The number of benzene rings is 2. The Hall–Kier alpha value is -1.60. The van der Waals surface area contributed by atoms with E-state index in [2.05, 4.69) is 60.9 Å². The third-order valence-corrected chi connectivity index (χ3v) is 4.16. The predicted octanol–water partition coefficient (Wildman–Crippen LogP) is 3.68. The van der Waals surface area contributed by atoms with E-state index in [-0.39, 0.29) is 0 Å². The highest BCUT2D eigenvalue weighted by Crippen LogP contribution is 2.26. The zero-order valence-electron chi connectivity index (χ0n) is 11.5. The van der Waals surface area contributed by atoms with Crippen LogP contribution in [0.5, 0.6) is 0 Å². The molecule has 0 heterocycles. The molecule has 1 N–H and O–H groups in total. The topological polar surface area (TPSA) is 12.0 Å². The van der Waals surface area contributed by atoms with Gasteiger partial charge < -0.3 is 5.32 Å². The van der Waals surface area contributed by atoms with Gasteiger partial charge in [0.2, 0.25) is 0 Å². The molecule has 1 nitrogen and oxygen atoms in total. The number of rotatable bonds is 4. The van der Waals surface area contributed by atoms with Gasteiger partial charge in [0, 0.05) is 6.04 Å². The van der Waals surface area contributed by atoms with Gasteiger partial charge in [-0.1, -0.05) is 48.5 Å². The van der Waals surface area contributed by atoms with Crippen LogP contribution in [0.15, 0.2) is 48.5 Å². The first-order valence-corrected chi connectivity index (χ1v) is 7.19. The van der Waals surface area contributed by atoms with Crippen molar-refractivity contribution in [3.8, 4) is 0 Å². The summed E-state index contributed by atoms with van der Waals surface area (Å²) in [7, 11) is 2.06. The molecule has 0 saturated carbocycles. The second kappa shape index (κ2) is 5.58. The van der Waals surface area contributed by atoms with Crippen LogP contribution in [-0.2, 0) is 19.3 Å². The summed E-state index contributed by atoms with van der Waals surface area (Å²) in [5, 5.41) is 3.46. The van der Waals surface area contributed by atoms with E-state index in [0.29, 0.717) is 6.04 Å². The van der Waals surface area contributed by atoms with Crippen molar-refractivity contribution in [1.82, 2.24) is 5.32 Å². The van der Waals surface area contributed by atoms with Crippen LogP contribution in [0.2, 0.25) is 0 Å². The van der Waals surface area contributed by atoms with E-state index in [1.54, 1.807) is 11.1 Å². The first-order chi connectivity index (χ1) is 9.36. The first kappa shape index (κ1) is 12.4. The van der Waals surface area contributed by atoms with Gasteiger partial charge in [0.1, 0.15) is 0 Å². The molecule has 0 spiro atoms. The molecule has 19 heavy (non-hydrogen) atoms. The van der Waals surface area contributed by atoms with Crippen LogP contribution >= 0.6 is 0 Å². The Balaban J connectivity index is 1.82. The molecule has 0 radical (unpaired) electrons. The van der Waals surface area contributed by atoms with Crippen molar-refractivity contribution in [2.75, 3.05) is 7.05 Å². The first-order valence-electron chi connectivity index (χ1n) is 7.19. The van der Waals surface area contributed by atoms with Gasteiger partial charge >= 0.3 is 0 Å². The SMILES string of the molecule is CNC(Cc1ccccc1)c1ccc2c(c1)CCC2. The number of likely N-dealkylation sites (N-methyl/N-ethyl adjacent to an activating group) is 1. The molecule has 0 aliphatic heterocycles. The normalized spacial score (nSPS) is 15.2. The molecular weight excluding hydrogens is 230 g/mol. The van der Waals surface area contributed by atoms with Crippen molar-refractivity contribution in [2.45, 2.75) is 31.7 Å². The predicted molar refractivity (Wildman–Crippen MR) is 80.4 cm³/mol. The Morgan fingerprint density at radius 1 is 1.00 bits per heavy atom. The summed E-state index contributed by atoms with van der Waals surface area (Å²) in [6.45, 7) is 0. The van der Waals surface area contributed by atoms with Crippen molar-refractivity contribution in [2.24, 2.45) is 0 Å². The van der Waals surface area contributed by atoms with Crippen molar-refractivity contribution < 1.29 is 0 Å². The summed E-state index contributed by atoms with van der Waals surface area (Å²) in [6, 6.07) is 18.2. The van der Waals surface area contributed by atoms with Gasteiger partial charge in [-0.15, -0.1) is 0 Å². The van der Waals surface area contributed by atoms with Gasteiger partial charge in [0.25, 0.3) is 0 Å². The van der Waals surface area contributed by atoms with Crippen LogP contribution in [0, 0.1) is 0 Å². The second-order valence-corrected chi connectivity index (χ2v) is 5.41. The maximum absolute atomic E-state index is 3.46. The summed E-state index contributed by atoms with van der Waals surface area (Å²) in [4.78, 5) is 0. The van der Waals surface area contributed by atoms with Crippen LogP contribution in [0.3, 0.4) is 0 Å². The third-order valence-electron chi connectivity index (χ3n) is 4.16. The molecule has 2 aromatic carbocycles. The summed E-state index contributed by atoms with van der Waals surface area (Å²) in [6.07, 6.45) is 4.89. The maximum atomic E-state index is 3.46. The van der Waals surface area contributed by atoms with Crippen LogP contribution in [0.25, 0.3) is 0 Å². The summed E-state index contributed by atoms with van der Waals surface area (Å²) in [5.74, 6) is 0. The van der Waals surface area contributed by atoms with E-state index < -0.39 is 0 Å². The monoisotopic (exact) mass is 251 g/mol. The number of hydrogen-bond acceptors (Lipinski definition) is 1. The van der Waals surface area contributed by atoms with Gasteiger partial charge in [-0.05, 0) is 55.0 Å². The average molecular weight is 251 g/mol. The van der Waals surface area contributed by atoms with E-state index in [1.807, 2.05) is 0 Å². The lowest BCUT2D eigenvalue weighted by molar-refractivity contribution is 0.591. The fraction of sp³-hybridized carbons (Fsp3) is 0.333. The minimum atomic E-state index is 0.410. The van der Waals surface area contributed by atoms with Crippen molar-refractivity contribution in [3.05, 3.63) is 70.8 Å². The van der Waals surface area contributed by atoms with Crippen LogP contribution in [0.1, 0.15) is 34.7 Å². The molecular formula is C18H21N. The van der Waals surface area contributed by atoms with Gasteiger partial charge in [0.15, 0.2) is 0 Å². The lowest BCUT2D eigenvalue weighted by Crippen LogP contribution is -2.19. The number of hydrogen-bond donors (Lipinski definition) is 1. The molecule has 1 heteroatoms. The highest BCUT2D eigenvalue weighted by Gasteiger charge is 2.15. The average Bonchev–Trinajstić information content (AvgIpc) is 2.93. The molecule has 0 saturated heterocycles. The molecule has 1 unspecified atom stereocenters. The van der Waals surface area contributed by atoms with Crippen LogP contribution in [0.4, 0.5) is 0 Å². The Kier molecular flexibility index (Phi) is 3.65. The third kappa shape index (κ3) is 2.71. The summed E-state index contributed by atoms with van der Waals surface area (Å²) >= 11 is 0. The highest BCUT2D eigenvalue weighted by atomic mass is 14.9. The lowest BCUT2D eigenvalue weighted by Gasteiger charge is -2.18. The molecule has 0 aromatic heterocycles.